The molecule has 0 aliphatic rings. The zero-order chi connectivity index (χ0) is 26.2. The first kappa shape index (κ1) is 25.9. The number of para-hydroxylation sites is 1. The molecule has 1 aromatic heterocycles. The highest BCUT2D eigenvalue weighted by atomic mass is 35.5. The number of amides is 1. The number of carbonyl (C=O) groups is 2. The monoisotopic (exact) mass is 535 g/mol. The maximum Gasteiger partial charge on any atom is 0.343 e. The van der Waals surface area contributed by atoms with Gasteiger partial charge in [0, 0.05) is 10.7 Å². The lowest BCUT2D eigenvalue weighted by atomic mass is 10.2. The number of hydrogen-bond donors (Lipinski definition) is 1. The van der Waals surface area contributed by atoms with Crippen LogP contribution in [0.25, 0.3) is 5.69 Å². The number of esters is 1. The Hall–Kier alpha value is -4.15. The SMILES string of the molecule is COc1cc(C=NNC(=O)CSc2nnc(C)n2-c2ccccc2)ccc1OC(=O)c1ccc(Cl)cc1. The standard InChI is InChI=1S/C26H22ClN5O4S/c1-17-29-31-26(32(17)21-6-4-3-5-7-21)37-16-24(33)30-28-15-18-8-13-22(23(14-18)35-2)36-25(34)19-9-11-20(27)12-10-19/h3-15H,16H2,1-2H3,(H,30,33). The second kappa shape index (κ2) is 12.2. The Bertz CT molecular complexity index is 1420. The lowest BCUT2D eigenvalue weighted by Gasteiger charge is -2.10. The summed E-state index contributed by atoms with van der Waals surface area (Å²) in [7, 11) is 1.46. The van der Waals surface area contributed by atoms with E-state index < -0.39 is 5.97 Å². The zero-order valence-electron chi connectivity index (χ0n) is 19.9. The highest BCUT2D eigenvalue weighted by Gasteiger charge is 2.14. The average molecular weight is 536 g/mol. The first-order valence-electron chi connectivity index (χ1n) is 11.0. The van der Waals surface area contributed by atoms with E-state index in [9.17, 15) is 9.59 Å². The van der Waals surface area contributed by atoms with Gasteiger partial charge in [0.2, 0.25) is 0 Å². The Balaban J connectivity index is 1.33. The van der Waals surface area contributed by atoms with Gasteiger partial charge in [-0.05, 0) is 67.1 Å². The predicted octanol–water partition coefficient (Wildman–Crippen LogP) is 4.70. The number of aromatic nitrogens is 3. The highest BCUT2D eigenvalue weighted by Crippen LogP contribution is 2.28. The molecule has 1 N–H and O–H groups in total. The van der Waals surface area contributed by atoms with Gasteiger partial charge < -0.3 is 9.47 Å². The molecule has 0 fully saturated rings. The van der Waals surface area contributed by atoms with Crippen molar-refractivity contribution in [2.24, 2.45) is 5.10 Å². The number of methoxy groups -OCH3 is 1. The number of nitrogens with zero attached hydrogens (tertiary/aromatic N) is 4. The van der Waals surface area contributed by atoms with Gasteiger partial charge in [0.05, 0.1) is 24.6 Å². The number of thioether (sulfide) groups is 1. The van der Waals surface area contributed by atoms with Crippen molar-refractivity contribution < 1.29 is 19.1 Å². The first-order chi connectivity index (χ1) is 17.9. The van der Waals surface area contributed by atoms with Crippen molar-refractivity contribution in [1.82, 2.24) is 20.2 Å². The van der Waals surface area contributed by atoms with E-state index in [1.807, 2.05) is 41.8 Å². The average Bonchev–Trinajstić information content (AvgIpc) is 3.29. The van der Waals surface area contributed by atoms with Gasteiger partial charge in [0.25, 0.3) is 5.91 Å². The Kier molecular flexibility index (Phi) is 8.55. The summed E-state index contributed by atoms with van der Waals surface area (Å²) in [6.45, 7) is 1.85. The van der Waals surface area contributed by atoms with E-state index in [2.05, 4.69) is 20.7 Å². The number of ether oxygens (including phenoxy) is 2. The number of rotatable bonds is 9. The van der Waals surface area contributed by atoms with E-state index in [1.54, 1.807) is 42.5 Å². The van der Waals surface area contributed by atoms with Crippen molar-refractivity contribution >= 4 is 41.5 Å². The molecule has 0 bridgehead atoms. The third-order valence-electron chi connectivity index (χ3n) is 5.02. The van der Waals surface area contributed by atoms with E-state index in [1.165, 1.54) is 25.1 Å². The maximum atomic E-state index is 12.4. The van der Waals surface area contributed by atoms with Crippen molar-refractivity contribution in [3.05, 3.63) is 94.8 Å². The minimum Gasteiger partial charge on any atom is -0.493 e. The number of hydrogen-bond acceptors (Lipinski definition) is 8. The largest absolute Gasteiger partial charge is 0.493 e. The van der Waals surface area contributed by atoms with Crippen LogP contribution in [0.5, 0.6) is 11.5 Å². The molecule has 0 atom stereocenters. The van der Waals surface area contributed by atoms with Crippen LogP contribution in [0, 0.1) is 6.92 Å². The smallest absolute Gasteiger partial charge is 0.343 e. The van der Waals surface area contributed by atoms with Crippen LogP contribution in [0.4, 0.5) is 0 Å². The summed E-state index contributed by atoms with van der Waals surface area (Å²) in [5.41, 5.74) is 4.40. The molecule has 4 rings (SSSR count). The Labute approximate surface area is 222 Å². The topological polar surface area (TPSA) is 108 Å². The number of halogens is 1. The van der Waals surface area contributed by atoms with Crippen molar-refractivity contribution in [3.8, 4) is 17.2 Å². The van der Waals surface area contributed by atoms with Crippen molar-refractivity contribution in [2.45, 2.75) is 12.1 Å². The van der Waals surface area contributed by atoms with E-state index in [0.29, 0.717) is 27.1 Å². The second-order valence-electron chi connectivity index (χ2n) is 7.59. The molecule has 3 aromatic carbocycles. The van der Waals surface area contributed by atoms with Gasteiger partial charge in [-0.15, -0.1) is 10.2 Å². The lowest BCUT2D eigenvalue weighted by Crippen LogP contribution is -2.20. The molecule has 0 aliphatic heterocycles. The Morgan fingerprint density at radius 1 is 1.05 bits per heavy atom. The number of carbonyl (C=O) groups excluding carboxylic acids is 2. The number of benzene rings is 3. The Morgan fingerprint density at radius 3 is 2.54 bits per heavy atom. The van der Waals surface area contributed by atoms with Gasteiger partial charge in [0.15, 0.2) is 16.7 Å². The minimum absolute atomic E-state index is 0.102. The zero-order valence-corrected chi connectivity index (χ0v) is 21.5. The van der Waals surface area contributed by atoms with E-state index in [-0.39, 0.29) is 17.4 Å². The van der Waals surface area contributed by atoms with Crippen LogP contribution in [0.1, 0.15) is 21.7 Å². The summed E-state index contributed by atoms with van der Waals surface area (Å²) in [5.74, 6) is 0.567. The van der Waals surface area contributed by atoms with Crippen LogP contribution < -0.4 is 14.9 Å². The number of nitrogens with one attached hydrogen (secondary N) is 1. The fraction of sp³-hybridized carbons (Fsp3) is 0.115. The molecule has 37 heavy (non-hydrogen) atoms. The summed E-state index contributed by atoms with van der Waals surface area (Å²) >= 11 is 7.12. The van der Waals surface area contributed by atoms with E-state index in [4.69, 9.17) is 21.1 Å². The number of aryl methyl sites for hydroxylation is 1. The fourth-order valence-corrected chi connectivity index (χ4v) is 4.16. The first-order valence-corrected chi connectivity index (χ1v) is 12.4. The Morgan fingerprint density at radius 2 is 1.81 bits per heavy atom. The summed E-state index contributed by atoms with van der Waals surface area (Å²) in [6, 6.07) is 21.0. The van der Waals surface area contributed by atoms with Crippen molar-refractivity contribution in [1.29, 1.82) is 0 Å². The summed E-state index contributed by atoms with van der Waals surface area (Å²) in [4.78, 5) is 24.7. The molecule has 0 radical (unpaired) electrons. The normalized spacial score (nSPS) is 10.9. The molecule has 0 unspecified atom stereocenters. The molecular formula is C26H22ClN5O4S. The molecule has 0 saturated heterocycles. The fourth-order valence-electron chi connectivity index (χ4n) is 3.25. The van der Waals surface area contributed by atoms with Crippen LogP contribution in [-0.2, 0) is 4.79 Å². The van der Waals surface area contributed by atoms with Gasteiger partial charge in [-0.25, -0.2) is 10.2 Å². The molecule has 1 heterocycles. The maximum absolute atomic E-state index is 12.4. The van der Waals surface area contributed by atoms with Crippen molar-refractivity contribution in [2.75, 3.05) is 12.9 Å². The lowest BCUT2D eigenvalue weighted by molar-refractivity contribution is -0.118. The van der Waals surface area contributed by atoms with Crippen LogP contribution in [0.3, 0.4) is 0 Å². The predicted molar refractivity (Wildman–Crippen MR) is 142 cm³/mol. The highest BCUT2D eigenvalue weighted by molar-refractivity contribution is 7.99. The van der Waals surface area contributed by atoms with Crippen LogP contribution in [0.2, 0.25) is 5.02 Å². The second-order valence-corrected chi connectivity index (χ2v) is 8.97. The van der Waals surface area contributed by atoms with Gasteiger partial charge in [-0.2, -0.15) is 5.10 Å². The van der Waals surface area contributed by atoms with Crippen LogP contribution in [0.15, 0.2) is 83.1 Å². The van der Waals surface area contributed by atoms with E-state index in [0.717, 1.165) is 11.5 Å². The number of hydrazone groups is 1. The van der Waals surface area contributed by atoms with Crippen LogP contribution in [-0.4, -0.2) is 45.7 Å². The summed E-state index contributed by atoms with van der Waals surface area (Å²) < 4.78 is 12.7. The summed E-state index contributed by atoms with van der Waals surface area (Å²) in [5, 5.41) is 13.4. The molecule has 4 aromatic rings. The quantitative estimate of drug-likeness (QED) is 0.109. The summed E-state index contributed by atoms with van der Waals surface area (Å²) in [6.07, 6.45) is 1.46. The van der Waals surface area contributed by atoms with E-state index >= 15 is 0 Å². The molecule has 9 nitrogen and oxygen atoms in total. The molecule has 11 heteroatoms. The molecular weight excluding hydrogens is 514 g/mol. The molecule has 0 aliphatic carbocycles. The minimum atomic E-state index is -0.542. The molecule has 1 amide bonds. The van der Waals surface area contributed by atoms with Gasteiger partial charge in [-0.3, -0.25) is 9.36 Å². The van der Waals surface area contributed by atoms with Crippen molar-refractivity contribution in [3.63, 3.8) is 0 Å². The van der Waals surface area contributed by atoms with Gasteiger partial charge in [-0.1, -0.05) is 41.6 Å². The third kappa shape index (κ3) is 6.75. The third-order valence-corrected chi connectivity index (χ3v) is 6.20. The molecule has 0 saturated carbocycles. The van der Waals surface area contributed by atoms with Gasteiger partial charge in [0.1, 0.15) is 5.82 Å². The molecule has 0 spiro atoms. The molecule has 188 valence electrons. The van der Waals surface area contributed by atoms with Gasteiger partial charge >= 0.3 is 5.97 Å². The van der Waals surface area contributed by atoms with Crippen LogP contribution >= 0.6 is 23.4 Å².